The Hall–Kier alpha value is -2.49. The zero-order valence-electron chi connectivity index (χ0n) is 15.1. The minimum Gasteiger partial charge on any atom is -0.351 e. The van der Waals surface area contributed by atoms with Gasteiger partial charge in [0.25, 0.3) is 5.24 Å². The first-order valence-corrected chi connectivity index (χ1v) is 10.1. The molecule has 0 radical (unpaired) electrons. The van der Waals surface area contributed by atoms with Crippen LogP contribution < -0.4 is 4.90 Å². The molecular weight excluding hydrogens is 402 g/mol. The maximum Gasteiger partial charge on any atom is 0.287 e. The van der Waals surface area contributed by atoms with Gasteiger partial charge in [-0.15, -0.1) is 0 Å². The van der Waals surface area contributed by atoms with Crippen molar-refractivity contribution < 1.29 is 27.6 Å². The van der Waals surface area contributed by atoms with Gasteiger partial charge in [-0.05, 0) is 18.1 Å². The molecule has 1 atom stereocenters. The smallest absolute Gasteiger partial charge is 0.287 e. The largest absolute Gasteiger partial charge is 0.351 e. The molecule has 1 aromatic heterocycles. The third kappa shape index (κ3) is 3.19. The van der Waals surface area contributed by atoms with Crippen LogP contribution >= 0.6 is 11.8 Å². The van der Waals surface area contributed by atoms with E-state index in [1.165, 1.54) is 11.0 Å². The van der Waals surface area contributed by atoms with Gasteiger partial charge >= 0.3 is 0 Å². The molecule has 0 N–H and O–H groups in total. The highest BCUT2D eigenvalue weighted by atomic mass is 32.2. The van der Waals surface area contributed by atoms with Crippen LogP contribution in [-0.2, 0) is 15.9 Å². The van der Waals surface area contributed by atoms with Crippen LogP contribution in [0.4, 0.5) is 19.4 Å². The van der Waals surface area contributed by atoms with E-state index in [0.29, 0.717) is 25.4 Å². The summed E-state index contributed by atoms with van der Waals surface area (Å²) in [6, 6.07) is 11.0. The summed E-state index contributed by atoms with van der Waals surface area (Å²) < 4.78 is 44.9. The fourth-order valence-corrected chi connectivity index (χ4v) is 4.64. The average molecular weight is 418 g/mol. The van der Waals surface area contributed by atoms with Crippen LogP contribution in [-0.4, -0.2) is 35.4 Å². The van der Waals surface area contributed by atoms with Crippen molar-refractivity contribution in [2.75, 3.05) is 23.9 Å². The average Bonchev–Trinajstić information content (AvgIpc) is 3.46. The van der Waals surface area contributed by atoms with E-state index in [1.54, 1.807) is 0 Å². The molecule has 3 aromatic rings. The van der Waals surface area contributed by atoms with Crippen LogP contribution in [0.25, 0.3) is 11.0 Å². The highest BCUT2D eigenvalue weighted by Gasteiger charge is 2.37. The molecule has 9 heteroatoms. The zero-order valence-corrected chi connectivity index (χ0v) is 16.0. The second kappa shape index (κ2) is 7.40. The van der Waals surface area contributed by atoms with Gasteiger partial charge in [0.2, 0.25) is 11.4 Å². The first-order valence-electron chi connectivity index (χ1n) is 9.14. The molecule has 2 aromatic carbocycles. The Bertz CT molecular complexity index is 1070. The fraction of sp³-hybridized carbons (Fsp3) is 0.300. The topological polar surface area (TPSA) is 64.8 Å². The first-order chi connectivity index (χ1) is 14.1. The van der Waals surface area contributed by atoms with Crippen LogP contribution in [0.3, 0.4) is 0 Å². The Labute approximate surface area is 168 Å². The Morgan fingerprint density at radius 2 is 1.90 bits per heavy atom. The van der Waals surface area contributed by atoms with Crippen molar-refractivity contribution in [2.45, 2.75) is 18.8 Å². The molecule has 0 unspecified atom stereocenters. The van der Waals surface area contributed by atoms with Crippen LogP contribution in [0.2, 0.25) is 0 Å². The van der Waals surface area contributed by atoms with Gasteiger partial charge in [-0.2, -0.15) is 4.39 Å². The van der Waals surface area contributed by atoms with E-state index in [1.807, 2.05) is 30.3 Å². The van der Waals surface area contributed by atoms with Crippen molar-refractivity contribution >= 4 is 33.8 Å². The molecule has 150 valence electrons. The minimum absolute atomic E-state index is 0.0733. The lowest BCUT2D eigenvalue weighted by Crippen LogP contribution is -2.35. The van der Waals surface area contributed by atoms with Gasteiger partial charge in [-0.1, -0.05) is 47.3 Å². The number of hydrogen-bond donors (Lipinski definition) is 0. The van der Waals surface area contributed by atoms with E-state index in [2.05, 4.69) is 5.16 Å². The quantitative estimate of drug-likeness (QED) is 0.624. The molecule has 6 nitrogen and oxygen atoms in total. The summed E-state index contributed by atoms with van der Waals surface area (Å²) in [4.78, 5) is 14.1. The number of ether oxygens (including phenoxy) is 2. The van der Waals surface area contributed by atoms with E-state index < -0.39 is 17.9 Å². The molecule has 0 spiro atoms. The number of hydrogen-bond acceptors (Lipinski definition) is 6. The van der Waals surface area contributed by atoms with E-state index in [4.69, 9.17) is 14.0 Å². The molecule has 2 fully saturated rings. The van der Waals surface area contributed by atoms with Crippen LogP contribution in [0.1, 0.15) is 17.4 Å². The van der Waals surface area contributed by atoms with E-state index in [9.17, 15) is 13.6 Å². The van der Waals surface area contributed by atoms with Crippen molar-refractivity contribution in [1.82, 2.24) is 5.16 Å². The van der Waals surface area contributed by atoms with Gasteiger partial charge in [-0.3, -0.25) is 9.69 Å². The normalized spacial score (nSPS) is 20.3. The van der Waals surface area contributed by atoms with Crippen LogP contribution in [0, 0.1) is 11.6 Å². The predicted molar refractivity (Wildman–Crippen MR) is 103 cm³/mol. The molecular formula is C20H16F2N2O4S. The lowest BCUT2D eigenvalue weighted by molar-refractivity contribution is -0.0467. The van der Waals surface area contributed by atoms with Crippen LogP contribution in [0.15, 0.2) is 40.9 Å². The molecule has 2 aliphatic heterocycles. The standard InChI is InChI=1S/C20H16F2N2O4S/c21-15-13(19-26-6-7-27-19)9-14-17(16(15)22)28-23-18(14)24-12(10-29-20(24)25)8-11-4-2-1-3-5-11/h1-5,9,12,19H,6-8,10H2/t12-/m0/s1. The Kier molecular flexibility index (Phi) is 4.73. The summed E-state index contributed by atoms with van der Waals surface area (Å²) in [5.41, 5.74) is 0.662. The van der Waals surface area contributed by atoms with E-state index >= 15 is 0 Å². The monoisotopic (exact) mass is 418 g/mol. The molecule has 0 bridgehead atoms. The molecule has 0 aliphatic carbocycles. The number of anilines is 1. The number of amides is 1. The number of carbonyl (C=O) groups is 1. The fourth-order valence-electron chi connectivity index (χ4n) is 3.66. The van der Waals surface area contributed by atoms with Gasteiger partial charge in [0.15, 0.2) is 17.9 Å². The summed E-state index contributed by atoms with van der Waals surface area (Å²) in [5, 5.41) is 3.92. The number of nitrogens with zero attached hydrogens (tertiary/aromatic N) is 2. The van der Waals surface area contributed by atoms with Crippen molar-refractivity contribution in [1.29, 1.82) is 0 Å². The van der Waals surface area contributed by atoms with E-state index in [0.717, 1.165) is 17.3 Å². The molecule has 3 heterocycles. The van der Waals surface area contributed by atoms with Gasteiger partial charge in [-0.25, -0.2) is 4.39 Å². The molecule has 2 saturated heterocycles. The molecule has 5 rings (SSSR count). The Balaban J connectivity index is 1.57. The number of thioether (sulfide) groups is 1. The summed E-state index contributed by atoms with van der Waals surface area (Å²) in [6.07, 6.45) is -0.389. The highest BCUT2D eigenvalue weighted by Crippen LogP contribution is 2.39. The lowest BCUT2D eigenvalue weighted by Gasteiger charge is -2.21. The maximum absolute atomic E-state index is 14.6. The Morgan fingerprint density at radius 1 is 1.14 bits per heavy atom. The zero-order chi connectivity index (χ0) is 20.0. The van der Waals surface area contributed by atoms with E-state index in [-0.39, 0.29) is 33.6 Å². The van der Waals surface area contributed by atoms with Crippen molar-refractivity contribution in [2.24, 2.45) is 0 Å². The Morgan fingerprint density at radius 3 is 2.66 bits per heavy atom. The van der Waals surface area contributed by atoms with Gasteiger partial charge in [0.05, 0.1) is 24.6 Å². The molecule has 2 aliphatic rings. The number of aromatic nitrogens is 1. The number of benzene rings is 2. The van der Waals surface area contributed by atoms with Gasteiger partial charge in [0, 0.05) is 11.3 Å². The summed E-state index contributed by atoms with van der Waals surface area (Å²) in [7, 11) is 0. The lowest BCUT2D eigenvalue weighted by atomic mass is 10.1. The second-order valence-electron chi connectivity index (χ2n) is 6.84. The summed E-state index contributed by atoms with van der Waals surface area (Å²) in [6.45, 7) is 0.585. The molecule has 0 saturated carbocycles. The van der Waals surface area contributed by atoms with Crippen molar-refractivity contribution in [3.05, 3.63) is 59.2 Å². The number of halogens is 2. The first kappa shape index (κ1) is 18.5. The van der Waals surface area contributed by atoms with Crippen molar-refractivity contribution in [3.63, 3.8) is 0 Å². The van der Waals surface area contributed by atoms with Gasteiger partial charge in [0.1, 0.15) is 0 Å². The number of rotatable bonds is 4. The minimum atomic E-state index is -1.17. The second-order valence-corrected chi connectivity index (χ2v) is 7.81. The SMILES string of the molecule is O=C1SC[C@H](Cc2ccccc2)N1c1noc2c(F)c(F)c(C3OCCO3)cc12. The predicted octanol–water partition coefficient (Wildman–Crippen LogP) is 4.44. The summed E-state index contributed by atoms with van der Waals surface area (Å²) in [5.74, 6) is -1.54. The third-order valence-electron chi connectivity index (χ3n) is 5.03. The van der Waals surface area contributed by atoms with Crippen molar-refractivity contribution in [3.8, 4) is 0 Å². The highest BCUT2D eigenvalue weighted by molar-refractivity contribution is 8.14. The molecule has 1 amide bonds. The van der Waals surface area contributed by atoms with Crippen LogP contribution in [0.5, 0.6) is 0 Å². The number of carbonyl (C=O) groups excluding carboxylic acids is 1. The molecule has 29 heavy (non-hydrogen) atoms. The third-order valence-corrected chi connectivity index (χ3v) is 6.03. The maximum atomic E-state index is 14.6. The number of fused-ring (bicyclic) bond motifs is 1. The van der Waals surface area contributed by atoms with Gasteiger partial charge < -0.3 is 14.0 Å². The summed E-state index contributed by atoms with van der Waals surface area (Å²) >= 11 is 1.16.